The van der Waals surface area contributed by atoms with Crippen molar-refractivity contribution in [2.75, 3.05) is 26.2 Å². The molecule has 0 spiro atoms. The van der Waals surface area contributed by atoms with E-state index in [1.807, 2.05) is 0 Å². The third kappa shape index (κ3) is 3.91. The van der Waals surface area contributed by atoms with E-state index in [1.54, 1.807) is 0 Å². The first-order chi connectivity index (χ1) is 7.84. The first kappa shape index (κ1) is 12.1. The molecule has 1 heterocycles. The van der Waals surface area contributed by atoms with Crippen molar-refractivity contribution < 1.29 is 0 Å². The molecule has 2 nitrogen and oxygen atoms in total. The zero-order chi connectivity index (χ0) is 11.2. The van der Waals surface area contributed by atoms with Crippen LogP contribution in [-0.2, 0) is 0 Å². The van der Waals surface area contributed by atoms with Crippen LogP contribution in [0.25, 0.3) is 0 Å². The lowest BCUT2D eigenvalue weighted by molar-refractivity contribution is 0.207. The van der Waals surface area contributed by atoms with Crippen LogP contribution in [0.3, 0.4) is 0 Å². The molecule has 1 saturated heterocycles. The number of allylic oxidation sites excluding steroid dienone is 2. The Labute approximate surface area is 100 Å². The Balaban J connectivity index is 1.57. The van der Waals surface area contributed by atoms with E-state index in [1.165, 1.54) is 58.3 Å². The Morgan fingerprint density at radius 3 is 2.56 bits per heavy atom. The maximum Gasteiger partial charge on any atom is 0.0166 e. The number of hydrogen-bond donors (Lipinski definition) is 1. The van der Waals surface area contributed by atoms with Gasteiger partial charge in [-0.1, -0.05) is 18.6 Å². The molecule has 1 unspecified atom stereocenters. The molecule has 0 amide bonds. The molecule has 1 atom stereocenters. The van der Waals surface area contributed by atoms with Gasteiger partial charge in [0, 0.05) is 12.6 Å². The van der Waals surface area contributed by atoms with Crippen LogP contribution in [0.5, 0.6) is 0 Å². The topological polar surface area (TPSA) is 15.3 Å². The Bertz CT molecular complexity index is 211. The van der Waals surface area contributed by atoms with Gasteiger partial charge in [-0.2, -0.15) is 0 Å². The molecule has 0 aromatic carbocycles. The van der Waals surface area contributed by atoms with Gasteiger partial charge in [0.1, 0.15) is 0 Å². The minimum absolute atomic E-state index is 0.652. The van der Waals surface area contributed by atoms with E-state index in [0.717, 1.165) is 5.92 Å². The quantitative estimate of drug-likeness (QED) is 0.719. The van der Waals surface area contributed by atoms with Crippen LogP contribution < -0.4 is 5.32 Å². The fourth-order valence-electron chi connectivity index (χ4n) is 2.80. The summed E-state index contributed by atoms with van der Waals surface area (Å²) in [5.41, 5.74) is 0. The van der Waals surface area contributed by atoms with Crippen LogP contribution >= 0.6 is 0 Å². The third-order valence-electron chi connectivity index (χ3n) is 3.84. The maximum atomic E-state index is 3.69. The molecule has 2 heteroatoms. The van der Waals surface area contributed by atoms with E-state index in [4.69, 9.17) is 0 Å². The SMILES string of the molecule is CC(CN1CCCCC1)NCC1CC=CC1. The zero-order valence-electron chi connectivity index (χ0n) is 10.6. The molecule has 16 heavy (non-hydrogen) atoms. The van der Waals surface area contributed by atoms with Gasteiger partial charge < -0.3 is 10.2 Å². The van der Waals surface area contributed by atoms with Crippen LogP contribution in [-0.4, -0.2) is 37.1 Å². The largest absolute Gasteiger partial charge is 0.313 e. The van der Waals surface area contributed by atoms with Gasteiger partial charge in [0.25, 0.3) is 0 Å². The highest BCUT2D eigenvalue weighted by Gasteiger charge is 2.15. The summed E-state index contributed by atoms with van der Waals surface area (Å²) >= 11 is 0. The van der Waals surface area contributed by atoms with Crippen molar-refractivity contribution in [1.29, 1.82) is 0 Å². The van der Waals surface area contributed by atoms with E-state index in [0.29, 0.717) is 6.04 Å². The van der Waals surface area contributed by atoms with Crippen molar-refractivity contribution in [2.24, 2.45) is 5.92 Å². The number of hydrogen-bond acceptors (Lipinski definition) is 2. The molecular formula is C14H26N2. The molecule has 0 aromatic rings. The number of rotatable bonds is 5. The summed E-state index contributed by atoms with van der Waals surface area (Å²) in [6.07, 6.45) is 11.4. The highest BCUT2D eigenvalue weighted by Crippen LogP contribution is 2.16. The van der Waals surface area contributed by atoms with E-state index < -0.39 is 0 Å². The lowest BCUT2D eigenvalue weighted by Crippen LogP contribution is -2.42. The molecule has 0 radical (unpaired) electrons. The molecule has 1 aliphatic carbocycles. The minimum Gasteiger partial charge on any atom is -0.313 e. The summed E-state index contributed by atoms with van der Waals surface area (Å²) in [7, 11) is 0. The van der Waals surface area contributed by atoms with Crippen LogP contribution in [0.15, 0.2) is 12.2 Å². The summed E-state index contributed by atoms with van der Waals surface area (Å²) in [6.45, 7) is 7.40. The predicted octanol–water partition coefficient (Wildman–Crippen LogP) is 2.42. The van der Waals surface area contributed by atoms with E-state index in [-0.39, 0.29) is 0 Å². The molecule has 1 aliphatic heterocycles. The molecule has 1 N–H and O–H groups in total. The summed E-state index contributed by atoms with van der Waals surface area (Å²) < 4.78 is 0. The second kappa shape index (κ2) is 6.41. The Kier molecular flexibility index (Phi) is 4.86. The number of nitrogens with zero attached hydrogens (tertiary/aromatic N) is 1. The van der Waals surface area contributed by atoms with Crippen molar-refractivity contribution >= 4 is 0 Å². The van der Waals surface area contributed by atoms with Crippen molar-refractivity contribution in [3.8, 4) is 0 Å². The van der Waals surface area contributed by atoms with Crippen LogP contribution in [0, 0.1) is 5.92 Å². The fourth-order valence-corrected chi connectivity index (χ4v) is 2.80. The molecule has 2 rings (SSSR count). The maximum absolute atomic E-state index is 3.69. The number of nitrogens with one attached hydrogen (secondary N) is 1. The molecule has 2 aliphatic rings. The van der Waals surface area contributed by atoms with Gasteiger partial charge in [-0.05, 0) is 58.2 Å². The number of piperidine rings is 1. The monoisotopic (exact) mass is 222 g/mol. The van der Waals surface area contributed by atoms with Crippen molar-refractivity contribution in [2.45, 2.75) is 45.1 Å². The second-order valence-corrected chi connectivity index (χ2v) is 5.48. The summed E-state index contributed by atoms with van der Waals surface area (Å²) in [4.78, 5) is 2.62. The van der Waals surface area contributed by atoms with E-state index in [9.17, 15) is 0 Å². The van der Waals surface area contributed by atoms with Gasteiger partial charge in [-0.15, -0.1) is 0 Å². The van der Waals surface area contributed by atoms with Gasteiger partial charge in [0.15, 0.2) is 0 Å². The summed E-state index contributed by atoms with van der Waals surface area (Å²) in [6, 6.07) is 0.652. The molecule has 1 fully saturated rings. The molecule has 92 valence electrons. The molecule has 0 aromatic heterocycles. The zero-order valence-corrected chi connectivity index (χ0v) is 10.6. The highest BCUT2D eigenvalue weighted by molar-refractivity contribution is 4.95. The Hall–Kier alpha value is -0.340. The average Bonchev–Trinajstić information content (AvgIpc) is 2.81. The van der Waals surface area contributed by atoms with Crippen LogP contribution in [0.2, 0.25) is 0 Å². The Morgan fingerprint density at radius 2 is 1.88 bits per heavy atom. The molecule has 0 saturated carbocycles. The van der Waals surface area contributed by atoms with Gasteiger partial charge in [0.2, 0.25) is 0 Å². The summed E-state index contributed by atoms with van der Waals surface area (Å²) in [5.74, 6) is 0.865. The molecular weight excluding hydrogens is 196 g/mol. The minimum atomic E-state index is 0.652. The lowest BCUT2D eigenvalue weighted by atomic mass is 10.1. The van der Waals surface area contributed by atoms with E-state index in [2.05, 4.69) is 29.3 Å². The first-order valence-corrected chi connectivity index (χ1v) is 6.95. The molecule has 0 bridgehead atoms. The third-order valence-corrected chi connectivity index (χ3v) is 3.84. The Morgan fingerprint density at radius 1 is 1.19 bits per heavy atom. The van der Waals surface area contributed by atoms with Crippen LogP contribution in [0.4, 0.5) is 0 Å². The standard InChI is InChI=1S/C14H26N2/c1-13(12-16-9-5-2-6-10-16)15-11-14-7-3-4-8-14/h3-4,13-15H,2,5-12H2,1H3. The lowest BCUT2D eigenvalue weighted by Gasteiger charge is -2.29. The van der Waals surface area contributed by atoms with E-state index >= 15 is 0 Å². The van der Waals surface area contributed by atoms with Crippen molar-refractivity contribution in [3.05, 3.63) is 12.2 Å². The fraction of sp³-hybridized carbons (Fsp3) is 0.857. The van der Waals surface area contributed by atoms with Gasteiger partial charge in [0.05, 0.1) is 0 Å². The predicted molar refractivity (Wildman–Crippen MR) is 69.6 cm³/mol. The average molecular weight is 222 g/mol. The van der Waals surface area contributed by atoms with Gasteiger partial charge >= 0.3 is 0 Å². The normalized spacial score (nSPS) is 25.1. The van der Waals surface area contributed by atoms with Crippen molar-refractivity contribution in [3.63, 3.8) is 0 Å². The number of likely N-dealkylation sites (tertiary alicyclic amines) is 1. The summed E-state index contributed by atoms with van der Waals surface area (Å²) in [5, 5.41) is 3.69. The smallest absolute Gasteiger partial charge is 0.0166 e. The van der Waals surface area contributed by atoms with Crippen LogP contribution in [0.1, 0.15) is 39.0 Å². The van der Waals surface area contributed by atoms with Gasteiger partial charge in [-0.25, -0.2) is 0 Å². The van der Waals surface area contributed by atoms with Crippen molar-refractivity contribution in [1.82, 2.24) is 10.2 Å². The highest BCUT2D eigenvalue weighted by atomic mass is 15.1. The van der Waals surface area contributed by atoms with Gasteiger partial charge in [-0.3, -0.25) is 0 Å². The second-order valence-electron chi connectivity index (χ2n) is 5.48. The first-order valence-electron chi connectivity index (χ1n) is 6.95.